The van der Waals surface area contributed by atoms with Crippen LogP contribution in [0.5, 0.6) is 0 Å². The van der Waals surface area contributed by atoms with Crippen LogP contribution in [0.3, 0.4) is 0 Å². The molecular formula is C27H35N3O2. The normalized spacial score (nSPS) is 13.4. The lowest BCUT2D eigenvalue weighted by Crippen LogP contribution is -2.31. The van der Waals surface area contributed by atoms with Crippen LogP contribution < -0.4 is 0 Å². The van der Waals surface area contributed by atoms with E-state index in [1.807, 2.05) is 68.4 Å². The topological polar surface area (TPSA) is 59.8 Å². The van der Waals surface area contributed by atoms with E-state index in [2.05, 4.69) is 34.1 Å². The first-order valence-corrected chi connectivity index (χ1v) is 11.3. The Kier molecular flexibility index (Phi) is 9.38. The molecule has 0 spiro atoms. The second-order valence-electron chi connectivity index (χ2n) is 8.63. The van der Waals surface area contributed by atoms with E-state index >= 15 is 0 Å². The van der Waals surface area contributed by atoms with Crippen LogP contribution in [-0.4, -0.2) is 50.3 Å². The van der Waals surface area contributed by atoms with E-state index in [0.717, 1.165) is 24.5 Å². The Labute approximate surface area is 192 Å². The smallest absolute Gasteiger partial charge is 0.0639 e. The summed E-state index contributed by atoms with van der Waals surface area (Å²) in [6.07, 6.45) is -0.816. The van der Waals surface area contributed by atoms with Crippen LogP contribution in [0, 0.1) is 0 Å². The van der Waals surface area contributed by atoms with Crippen molar-refractivity contribution in [3.05, 3.63) is 101 Å². The van der Waals surface area contributed by atoms with Crippen molar-refractivity contribution >= 4 is 0 Å². The van der Waals surface area contributed by atoms with E-state index in [1.165, 1.54) is 11.1 Å². The van der Waals surface area contributed by atoms with Gasteiger partial charge in [-0.1, -0.05) is 66.7 Å². The molecule has 2 atom stereocenters. The minimum Gasteiger partial charge on any atom is -0.392 e. The second-order valence-corrected chi connectivity index (χ2v) is 8.63. The molecule has 3 aromatic rings. The summed E-state index contributed by atoms with van der Waals surface area (Å²) >= 11 is 0. The summed E-state index contributed by atoms with van der Waals surface area (Å²) in [6.45, 7) is 7.68. The van der Waals surface area contributed by atoms with Crippen molar-refractivity contribution in [2.75, 3.05) is 13.1 Å². The zero-order valence-corrected chi connectivity index (χ0v) is 19.1. The van der Waals surface area contributed by atoms with Gasteiger partial charge in [0, 0.05) is 39.3 Å². The number of aliphatic hydroxyl groups is 2. The molecule has 2 aromatic carbocycles. The third-order valence-electron chi connectivity index (χ3n) is 5.18. The number of aromatic nitrogens is 1. The highest BCUT2D eigenvalue weighted by molar-refractivity contribution is 5.17. The average Bonchev–Trinajstić information content (AvgIpc) is 2.74. The van der Waals surface area contributed by atoms with Gasteiger partial charge in [-0.05, 0) is 37.1 Å². The fraction of sp³-hybridized carbons (Fsp3) is 0.370. The van der Waals surface area contributed by atoms with Gasteiger partial charge in [0.15, 0.2) is 0 Å². The van der Waals surface area contributed by atoms with Gasteiger partial charge in [0.2, 0.25) is 0 Å². The maximum Gasteiger partial charge on any atom is 0.0639 e. The van der Waals surface area contributed by atoms with Crippen LogP contribution in [0.25, 0.3) is 0 Å². The largest absolute Gasteiger partial charge is 0.392 e. The number of pyridine rings is 1. The second kappa shape index (κ2) is 12.5. The highest BCUT2D eigenvalue weighted by Gasteiger charge is 2.14. The Morgan fingerprint density at radius 1 is 0.594 bits per heavy atom. The van der Waals surface area contributed by atoms with E-state index < -0.39 is 12.2 Å². The molecule has 0 fully saturated rings. The van der Waals surface area contributed by atoms with Crippen LogP contribution >= 0.6 is 0 Å². The van der Waals surface area contributed by atoms with E-state index in [4.69, 9.17) is 4.98 Å². The molecule has 5 heteroatoms. The van der Waals surface area contributed by atoms with E-state index in [1.54, 1.807) is 0 Å². The van der Waals surface area contributed by atoms with Crippen molar-refractivity contribution in [2.45, 2.75) is 52.2 Å². The Morgan fingerprint density at radius 3 is 1.38 bits per heavy atom. The SMILES string of the molecule is C[C@@H](O)CN(Cc1ccccc1)Cc1cccc(CN(Cc2ccccc2)C[C@@H](C)O)n1. The molecule has 0 amide bonds. The predicted octanol–water partition coefficient (Wildman–Crippen LogP) is 3.85. The van der Waals surface area contributed by atoms with Gasteiger partial charge in [-0.15, -0.1) is 0 Å². The molecule has 2 N–H and O–H groups in total. The molecule has 5 nitrogen and oxygen atoms in total. The third kappa shape index (κ3) is 8.52. The Hall–Kier alpha value is -2.57. The summed E-state index contributed by atoms with van der Waals surface area (Å²) in [4.78, 5) is 9.36. The standard InChI is InChI=1S/C27H35N3O2/c1-22(31)16-29(18-24-10-5-3-6-11-24)20-26-14-9-15-27(28-26)21-30(17-23(2)32)19-25-12-7-4-8-13-25/h3-15,22-23,31-32H,16-21H2,1-2H3/t22-,23-/m1/s1. The van der Waals surface area contributed by atoms with Crippen molar-refractivity contribution in [1.82, 2.24) is 14.8 Å². The third-order valence-corrected chi connectivity index (χ3v) is 5.18. The molecule has 1 aromatic heterocycles. The molecule has 3 rings (SSSR count). The fourth-order valence-electron chi connectivity index (χ4n) is 3.96. The summed E-state index contributed by atoms with van der Waals surface area (Å²) < 4.78 is 0. The molecule has 1 heterocycles. The summed E-state index contributed by atoms with van der Waals surface area (Å²) in [6, 6.07) is 26.7. The molecule has 0 unspecified atom stereocenters. The van der Waals surface area contributed by atoms with Crippen LogP contribution in [-0.2, 0) is 26.2 Å². The van der Waals surface area contributed by atoms with E-state index in [9.17, 15) is 10.2 Å². The fourth-order valence-corrected chi connectivity index (χ4v) is 3.96. The van der Waals surface area contributed by atoms with Gasteiger partial charge < -0.3 is 10.2 Å². The summed E-state index contributed by atoms with van der Waals surface area (Å²) in [5.74, 6) is 0. The molecule has 0 aliphatic heterocycles. The molecule has 0 saturated carbocycles. The lowest BCUT2D eigenvalue weighted by Gasteiger charge is -2.25. The van der Waals surface area contributed by atoms with Gasteiger partial charge in [0.1, 0.15) is 0 Å². The number of nitrogens with zero attached hydrogens (tertiary/aromatic N) is 3. The van der Waals surface area contributed by atoms with Gasteiger partial charge in [-0.2, -0.15) is 0 Å². The number of hydrogen-bond acceptors (Lipinski definition) is 5. The summed E-state index contributed by atoms with van der Waals surface area (Å²) in [5.41, 5.74) is 4.40. The molecule has 0 aliphatic carbocycles. The monoisotopic (exact) mass is 433 g/mol. The highest BCUT2D eigenvalue weighted by atomic mass is 16.3. The number of rotatable bonds is 12. The molecular weight excluding hydrogens is 398 g/mol. The van der Waals surface area contributed by atoms with Gasteiger partial charge in [0.05, 0.1) is 23.6 Å². The van der Waals surface area contributed by atoms with Gasteiger partial charge in [-0.3, -0.25) is 14.8 Å². The van der Waals surface area contributed by atoms with Crippen molar-refractivity contribution in [3.8, 4) is 0 Å². The minimum atomic E-state index is -0.408. The average molecular weight is 434 g/mol. The molecule has 0 saturated heterocycles. The van der Waals surface area contributed by atoms with Crippen LogP contribution in [0.2, 0.25) is 0 Å². The van der Waals surface area contributed by atoms with Crippen LogP contribution in [0.4, 0.5) is 0 Å². The van der Waals surface area contributed by atoms with Crippen molar-refractivity contribution in [1.29, 1.82) is 0 Å². The first-order valence-electron chi connectivity index (χ1n) is 11.3. The molecule has 0 radical (unpaired) electrons. The molecule has 0 aliphatic rings. The maximum absolute atomic E-state index is 9.98. The number of aliphatic hydroxyl groups excluding tert-OH is 2. The summed E-state index contributed by atoms with van der Waals surface area (Å²) in [5, 5.41) is 20.0. The first-order chi connectivity index (χ1) is 15.5. The van der Waals surface area contributed by atoms with Gasteiger partial charge >= 0.3 is 0 Å². The Morgan fingerprint density at radius 2 is 1.00 bits per heavy atom. The lowest BCUT2D eigenvalue weighted by atomic mass is 10.2. The van der Waals surface area contributed by atoms with Crippen LogP contribution in [0.1, 0.15) is 36.4 Å². The zero-order chi connectivity index (χ0) is 22.8. The van der Waals surface area contributed by atoms with Crippen molar-refractivity contribution in [2.24, 2.45) is 0 Å². The number of hydrogen-bond donors (Lipinski definition) is 2. The van der Waals surface area contributed by atoms with Crippen molar-refractivity contribution in [3.63, 3.8) is 0 Å². The maximum atomic E-state index is 9.98. The van der Waals surface area contributed by atoms with Gasteiger partial charge in [-0.25, -0.2) is 0 Å². The Balaban J connectivity index is 1.70. The molecule has 170 valence electrons. The quantitative estimate of drug-likeness (QED) is 0.454. The first kappa shape index (κ1) is 24.1. The van der Waals surface area contributed by atoms with Crippen molar-refractivity contribution < 1.29 is 10.2 Å². The molecule has 32 heavy (non-hydrogen) atoms. The highest BCUT2D eigenvalue weighted by Crippen LogP contribution is 2.13. The lowest BCUT2D eigenvalue weighted by molar-refractivity contribution is 0.115. The number of benzene rings is 2. The Bertz CT molecular complexity index is 844. The minimum absolute atomic E-state index is 0.408. The molecule has 0 bridgehead atoms. The van der Waals surface area contributed by atoms with E-state index in [-0.39, 0.29) is 0 Å². The predicted molar refractivity (Wildman–Crippen MR) is 129 cm³/mol. The van der Waals surface area contributed by atoms with Crippen LogP contribution in [0.15, 0.2) is 78.9 Å². The zero-order valence-electron chi connectivity index (χ0n) is 19.1. The van der Waals surface area contributed by atoms with Gasteiger partial charge in [0.25, 0.3) is 0 Å². The van der Waals surface area contributed by atoms with E-state index in [0.29, 0.717) is 26.2 Å². The summed E-state index contributed by atoms with van der Waals surface area (Å²) in [7, 11) is 0.